The zero-order valence-corrected chi connectivity index (χ0v) is 10.6. The highest BCUT2D eigenvalue weighted by Gasteiger charge is 2.43. The molecule has 0 spiro atoms. The van der Waals surface area contributed by atoms with E-state index >= 15 is 0 Å². The van der Waals surface area contributed by atoms with Gasteiger partial charge in [0, 0.05) is 0 Å². The van der Waals surface area contributed by atoms with Gasteiger partial charge in [-0.3, -0.25) is 0 Å². The van der Waals surface area contributed by atoms with Crippen LogP contribution in [0.1, 0.15) is 45.4 Å². The van der Waals surface area contributed by atoms with E-state index in [4.69, 9.17) is 0 Å². The van der Waals surface area contributed by atoms with Crippen LogP contribution in [0, 0.1) is 5.92 Å². The second-order valence-electron chi connectivity index (χ2n) is 5.49. The minimum absolute atomic E-state index is 0.0801. The van der Waals surface area contributed by atoms with Crippen molar-refractivity contribution in [3.05, 3.63) is 0 Å². The minimum Gasteiger partial charge on any atom is -0.394 e. The Morgan fingerprint density at radius 3 is 2.56 bits per heavy atom. The molecule has 94 valence electrons. The van der Waals surface area contributed by atoms with Crippen LogP contribution in [0.2, 0.25) is 0 Å². The summed E-state index contributed by atoms with van der Waals surface area (Å²) in [5, 5.41) is 9.30. The van der Waals surface area contributed by atoms with Gasteiger partial charge in [0.1, 0.15) is 0 Å². The van der Waals surface area contributed by atoms with E-state index < -0.39 is 15.6 Å². The molecule has 0 heterocycles. The fourth-order valence-corrected chi connectivity index (χ4v) is 4.47. The lowest BCUT2D eigenvalue weighted by molar-refractivity contribution is 0.119. The molecule has 0 aromatic rings. The van der Waals surface area contributed by atoms with Crippen molar-refractivity contribution in [2.75, 3.05) is 6.61 Å². The highest BCUT2D eigenvalue weighted by atomic mass is 32.2. The Bertz CT molecular complexity index is 350. The Hall–Kier alpha value is -0.130. The molecule has 0 radical (unpaired) electrons. The van der Waals surface area contributed by atoms with Crippen LogP contribution in [0.3, 0.4) is 0 Å². The third-order valence-corrected chi connectivity index (χ3v) is 5.78. The lowest BCUT2D eigenvalue weighted by Gasteiger charge is -2.39. The number of aliphatic hydroxyl groups is 1. The molecule has 0 aliphatic heterocycles. The van der Waals surface area contributed by atoms with Crippen LogP contribution >= 0.6 is 0 Å². The maximum atomic E-state index is 11.9. The monoisotopic (exact) mass is 247 g/mol. The summed E-state index contributed by atoms with van der Waals surface area (Å²) in [4.78, 5) is 0. The number of hydrogen-bond donors (Lipinski definition) is 2. The van der Waals surface area contributed by atoms with Crippen molar-refractivity contribution in [1.29, 1.82) is 0 Å². The van der Waals surface area contributed by atoms with Gasteiger partial charge in [-0.15, -0.1) is 0 Å². The summed E-state index contributed by atoms with van der Waals surface area (Å²) in [6.45, 7) is 2.04. The summed E-state index contributed by atoms with van der Waals surface area (Å²) in [6.07, 6.45) is 5.19. The van der Waals surface area contributed by atoms with Crippen LogP contribution in [0.15, 0.2) is 0 Å². The maximum Gasteiger partial charge on any atom is 0.215 e. The summed E-state index contributed by atoms with van der Waals surface area (Å²) >= 11 is 0. The molecule has 2 fully saturated rings. The van der Waals surface area contributed by atoms with Gasteiger partial charge in [-0.1, -0.05) is 19.8 Å². The Morgan fingerprint density at radius 2 is 2.06 bits per heavy atom. The van der Waals surface area contributed by atoms with Crippen molar-refractivity contribution in [1.82, 2.24) is 4.72 Å². The van der Waals surface area contributed by atoms with E-state index in [0.29, 0.717) is 5.92 Å². The molecule has 4 nitrogen and oxygen atoms in total. The molecule has 2 aliphatic carbocycles. The highest BCUT2D eigenvalue weighted by molar-refractivity contribution is 7.90. The second-order valence-corrected chi connectivity index (χ2v) is 7.45. The number of rotatable bonds is 4. The van der Waals surface area contributed by atoms with Crippen molar-refractivity contribution in [3.63, 3.8) is 0 Å². The first-order chi connectivity index (χ1) is 7.47. The largest absolute Gasteiger partial charge is 0.394 e. The first-order valence-corrected chi connectivity index (χ1v) is 7.66. The quantitative estimate of drug-likeness (QED) is 0.779. The van der Waals surface area contributed by atoms with E-state index in [0.717, 1.165) is 38.5 Å². The first-order valence-electron chi connectivity index (χ1n) is 6.11. The van der Waals surface area contributed by atoms with Crippen LogP contribution in [-0.4, -0.2) is 30.9 Å². The molecule has 0 saturated heterocycles. The second kappa shape index (κ2) is 4.27. The van der Waals surface area contributed by atoms with E-state index in [1.54, 1.807) is 0 Å². The molecule has 2 atom stereocenters. The average Bonchev–Trinajstić information content (AvgIpc) is 3.00. The standard InChI is InChI=1S/C11H21NO3S/c1-9-3-2-6-11(7-9,8-13)12-16(14,15)10-4-5-10/h9-10,12-13H,2-8H2,1H3. The van der Waals surface area contributed by atoms with Crippen LogP contribution in [0.5, 0.6) is 0 Å². The van der Waals surface area contributed by atoms with E-state index in [1.807, 2.05) is 0 Å². The van der Waals surface area contributed by atoms with Gasteiger partial charge in [-0.2, -0.15) is 0 Å². The number of aliphatic hydroxyl groups excluding tert-OH is 1. The number of sulfonamides is 1. The normalized spacial score (nSPS) is 36.2. The Kier molecular flexibility index (Phi) is 3.29. The van der Waals surface area contributed by atoms with Crippen molar-refractivity contribution < 1.29 is 13.5 Å². The smallest absolute Gasteiger partial charge is 0.215 e. The SMILES string of the molecule is CC1CCCC(CO)(NS(=O)(=O)C2CC2)C1. The summed E-state index contributed by atoms with van der Waals surface area (Å²) in [5.74, 6) is 0.489. The van der Waals surface area contributed by atoms with Gasteiger partial charge in [-0.25, -0.2) is 13.1 Å². The van der Waals surface area contributed by atoms with Gasteiger partial charge < -0.3 is 5.11 Å². The fourth-order valence-electron chi connectivity index (χ4n) is 2.69. The zero-order valence-electron chi connectivity index (χ0n) is 9.78. The Balaban J connectivity index is 2.09. The van der Waals surface area contributed by atoms with Crippen molar-refractivity contribution in [2.45, 2.75) is 56.2 Å². The van der Waals surface area contributed by atoms with Gasteiger partial charge in [-0.05, 0) is 31.6 Å². The molecule has 2 rings (SSSR count). The van der Waals surface area contributed by atoms with Crippen molar-refractivity contribution >= 4 is 10.0 Å². The number of nitrogens with one attached hydrogen (secondary N) is 1. The van der Waals surface area contributed by atoms with Gasteiger partial charge in [0.15, 0.2) is 0 Å². The van der Waals surface area contributed by atoms with Crippen molar-refractivity contribution in [2.24, 2.45) is 5.92 Å². The van der Waals surface area contributed by atoms with E-state index in [1.165, 1.54) is 0 Å². The third-order valence-electron chi connectivity index (χ3n) is 3.72. The predicted octanol–water partition coefficient (Wildman–Crippen LogP) is 1.01. The van der Waals surface area contributed by atoms with Gasteiger partial charge >= 0.3 is 0 Å². The molecule has 2 N–H and O–H groups in total. The molecule has 0 amide bonds. The fraction of sp³-hybridized carbons (Fsp3) is 1.00. The van der Waals surface area contributed by atoms with Gasteiger partial charge in [0.05, 0.1) is 17.4 Å². The van der Waals surface area contributed by atoms with Crippen LogP contribution in [0.4, 0.5) is 0 Å². The molecule has 16 heavy (non-hydrogen) atoms. The summed E-state index contributed by atoms with van der Waals surface area (Å²) < 4.78 is 26.6. The minimum atomic E-state index is -3.19. The van der Waals surface area contributed by atoms with E-state index in [9.17, 15) is 13.5 Å². The predicted molar refractivity (Wildman–Crippen MR) is 62.5 cm³/mol. The van der Waals surface area contributed by atoms with Gasteiger partial charge in [0.2, 0.25) is 10.0 Å². The molecule has 2 unspecified atom stereocenters. The number of hydrogen-bond acceptors (Lipinski definition) is 3. The molecule has 2 aliphatic rings. The molecule has 5 heteroatoms. The van der Waals surface area contributed by atoms with Crippen LogP contribution in [0.25, 0.3) is 0 Å². The average molecular weight is 247 g/mol. The summed E-state index contributed by atoms with van der Waals surface area (Å²) in [6, 6.07) is 0. The van der Waals surface area contributed by atoms with Gasteiger partial charge in [0.25, 0.3) is 0 Å². The van der Waals surface area contributed by atoms with Crippen LogP contribution in [-0.2, 0) is 10.0 Å². The molecule has 2 saturated carbocycles. The van der Waals surface area contributed by atoms with Crippen molar-refractivity contribution in [3.8, 4) is 0 Å². The molecular formula is C11H21NO3S. The molecular weight excluding hydrogens is 226 g/mol. The topological polar surface area (TPSA) is 66.4 Å². The zero-order chi connectivity index (χ0) is 11.8. The Morgan fingerprint density at radius 1 is 1.38 bits per heavy atom. The molecule has 0 aromatic carbocycles. The first kappa shape index (κ1) is 12.3. The maximum absolute atomic E-state index is 11.9. The molecule has 0 bridgehead atoms. The highest BCUT2D eigenvalue weighted by Crippen LogP contribution is 2.35. The van der Waals surface area contributed by atoms with Crippen LogP contribution < -0.4 is 4.72 Å². The lowest BCUT2D eigenvalue weighted by atomic mass is 9.78. The third kappa shape index (κ3) is 2.57. The Labute approximate surface area is 97.5 Å². The lowest BCUT2D eigenvalue weighted by Crippen LogP contribution is -2.54. The summed E-state index contributed by atoms with van der Waals surface area (Å²) in [7, 11) is -3.19. The van der Waals surface area contributed by atoms with E-state index in [-0.39, 0.29) is 11.9 Å². The van der Waals surface area contributed by atoms with E-state index in [2.05, 4.69) is 11.6 Å². The summed E-state index contributed by atoms with van der Waals surface area (Å²) in [5.41, 5.74) is -0.584. The molecule has 0 aromatic heterocycles.